The second-order valence-corrected chi connectivity index (χ2v) is 12.1. The van der Waals surface area contributed by atoms with E-state index in [2.05, 4.69) is 70.9 Å². The molecule has 1 amide bonds. The predicted molar refractivity (Wildman–Crippen MR) is 151 cm³/mol. The van der Waals surface area contributed by atoms with Gasteiger partial charge in [0, 0.05) is 32.2 Å². The molecule has 2 aliphatic rings. The van der Waals surface area contributed by atoms with Gasteiger partial charge in [-0.25, -0.2) is 4.79 Å². The van der Waals surface area contributed by atoms with E-state index in [-0.39, 0.29) is 6.09 Å². The van der Waals surface area contributed by atoms with Crippen LogP contribution in [0.1, 0.15) is 70.4 Å². The SMILES string of the molecule is CC(C)(C)OC(=O)N1CCC(CNCC2CCC(N(Cc3ccccc3)Cc3ccccc3)CC2)CC1. The molecule has 0 spiro atoms. The van der Waals surface area contributed by atoms with Crippen LogP contribution in [0.4, 0.5) is 4.79 Å². The Kier molecular flexibility index (Phi) is 10.0. The molecular weight excluding hydrogens is 458 g/mol. The maximum Gasteiger partial charge on any atom is 0.410 e. The molecule has 0 unspecified atom stereocenters. The van der Waals surface area contributed by atoms with E-state index in [1.165, 1.54) is 36.8 Å². The first-order chi connectivity index (χ1) is 17.9. The number of carbonyl (C=O) groups is 1. The Morgan fingerprint density at radius 3 is 1.78 bits per heavy atom. The van der Waals surface area contributed by atoms with Gasteiger partial charge in [-0.2, -0.15) is 0 Å². The van der Waals surface area contributed by atoms with Crippen LogP contribution in [0.15, 0.2) is 60.7 Å². The zero-order valence-corrected chi connectivity index (χ0v) is 23.2. The van der Waals surface area contributed by atoms with Gasteiger partial charge in [0.1, 0.15) is 5.60 Å². The van der Waals surface area contributed by atoms with Crippen molar-refractivity contribution in [3.05, 3.63) is 71.8 Å². The van der Waals surface area contributed by atoms with Crippen LogP contribution in [0.2, 0.25) is 0 Å². The smallest absolute Gasteiger partial charge is 0.410 e. The van der Waals surface area contributed by atoms with Crippen molar-refractivity contribution in [2.24, 2.45) is 11.8 Å². The number of piperidine rings is 1. The van der Waals surface area contributed by atoms with Crippen LogP contribution in [-0.2, 0) is 17.8 Å². The maximum absolute atomic E-state index is 12.3. The lowest BCUT2D eigenvalue weighted by atomic mass is 9.84. The third-order valence-electron chi connectivity index (χ3n) is 7.92. The highest BCUT2D eigenvalue weighted by molar-refractivity contribution is 5.68. The van der Waals surface area contributed by atoms with Gasteiger partial charge in [-0.1, -0.05) is 60.7 Å². The number of nitrogens with one attached hydrogen (secondary N) is 1. The Morgan fingerprint density at radius 2 is 1.30 bits per heavy atom. The second-order valence-electron chi connectivity index (χ2n) is 12.1. The molecule has 202 valence electrons. The lowest BCUT2D eigenvalue weighted by molar-refractivity contribution is 0.0183. The maximum atomic E-state index is 12.3. The van der Waals surface area contributed by atoms with Gasteiger partial charge in [0.05, 0.1) is 0 Å². The number of amides is 1. The first-order valence-corrected chi connectivity index (χ1v) is 14.4. The summed E-state index contributed by atoms with van der Waals surface area (Å²) in [4.78, 5) is 16.9. The van der Waals surface area contributed by atoms with Crippen LogP contribution in [0.5, 0.6) is 0 Å². The highest BCUT2D eigenvalue weighted by Gasteiger charge is 2.28. The summed E-state index contributed by atoms with van der Waals surface area (Å²) in [5.41, 5.74) is 2.38. The number of likely N-dealkylation sites (tertiary alicyclic amines) is 1. The van der Waals surface area contributed by atoms with Crippen LogP contribution < -0.4 is 5.32 Å². The van der Waals surface area contributed by atoms with Gasteiger partial charge in [-0.3, -0.25) is 4.90 Å². The third kappa shape index (κ3) is 9.15. The normalized spacial score (nSPS) is 21.2. The van der Waals surface area contributed by atoms with Gasteiger partial charge in [-0.15, -0.1) is 0 Å². The van der Waals surface area contributed by atoms with Crippen molar-refractivity contribution < 1.29 is 9.53 Å². The molecule has 2 aromatic rings. The van der Waals surface area contributed by atoms with Crippen LogP contribution in [0.3, 0.4) is 0 Å². The summed E-state index contributed by atoms with van der Waals surface area (Å²) in [6.45, 7) is 11.6. The lowest BCUT2D eigenvalue weighted by Crippen LogP contribution is -2.43. The van der Waals surface area contributed by atoms with Crippen LogP contribution in [0.25, 0.3) is 0 Å². The van der Waals surface area contributed by atoms with Crippen molar-refractivity contribution in [1.29, 1.82) is 0 Å². The molecule has 1 N–H and O–H groups in total. The molecule has 1 saturated heterocycles. The van der Waals surface area contributed by atoms with Gasteiger partial charge < -0.3 is 15.0 Å². The molecule has 0 atom stereocenters. The summed E-state index contributed by atoms with van der Waals surface area (Å²) in [6.07, 6.45) is 7.12. The van der Waals surface area contributed by atoms with Gasteiger partial charge in [0.2, 0.25) is 0 Å². The Labute approximate surface area is 224 Å². The fourth-order valence-corrected chi connectivity index (χ4v) is 5.80. The van der Waals surface area contributed by atoms with E-state index in [4.69, 9.17) is 4.74 Å². The number of ether oxygens (including phenoxy) is 1. The average Bonchev–Trinajstić information content (AvgIpc) is 2.89. The number of carbonyl (C=O) groups excluding carboxylic acids is 1. The minimum absolute atomic E-state index is 0.163. The van der Waals surface area contributed by atoms with E-state index < -0.39 is 5.60 Å². The molecule has 1 aliphatic carbocycles. The molecule has 2 aromatic carbocycles. The zero-order valence-electron chi connectivity index (χ0n) is 23.2. The van der Waals surface area contributed by atoms with Gasteiger partial charge >= 0.3 is 6.09 Å². The largest absolute Gasteiger partial charge is 0.444 e. The second kappa shape index (κ2) is 13.4. The van der Waals surface area contributed by atoms with Crippen molar-refractivity contribution in [3.8, 4) is 0 Å². The number of rotatable bonds is 9. The number of benzene rings is 2. The molecule has 0 bridgehead atoms. The van der Waals surface area contributed by atoms with Crippen LogP contribution in [0, 0.1) is 11.8 Å². The van der Waals surface area contributed by atoms with Crippen molar-refractivity contribution in [3.63, 3.8) is 0 Å². The van der Waals surface area contributed by atoms with Crippen molar-refractivity contribution in [2.45, 2.75) is 84.0 Å². The van der Waals surface area contributed by atoms with E-state index >= 15 is 0 Å². The highest BCUT2D eigenvalue weighted by Crippen LogP contribution is 2.29. The minimum atomic E-state index is -0.422. The van der Waals surface area contributed by atoms with E-state index in [0.29, 0.717) is 12.0 Å². The minimum Gasteiger partial charge on any atom is -0.444 e. The zero-order chi connectivity index (χ0) is 26.1. The monoisotopic (exact) mass is 505 g/mol. The molecular formula is C32H47N3O2. The van der Waals surface area contributed by atoms with Gasteiger partial charge in [-0.05, 0) is 95.3 Å². The summed E-state index contributed by atoms with van der Waals surface area (Å²) in [7, 11) is 0. The summed E-state index contributed by atoms with van der Waals surface area (Å²) in [5.74, 6) is 1.43. The Morgan fingerprint density at radius 1 is 0.811 bits per heavy atom. The fourth-order valence-electron chi connectivity index (χ4n) is 5.80. The Bertz CT molecular complexity index is 886. The van der Waals surface area contributed by atoms with Gasteiger partial charge in [0.15, 0.2) is 0 Å². The standard InChI is InChI=1S/C32H47N3O2/c1-32(2,3)37-31(36)34-20-18-27(19-21-34)23-33-22-26-14-16-30(17-15-26)35(24-28-10-6-4-7-11-28)25-29-12-8-5-9-13-29/h4-13,26-27,30,33H,14-25H2,1-3H3. The molecule has 1 aliphatic heterocycles. The number of nitrogens with zero attached hydrogens (tertiary/aromatic N) is 2. The van der Waals surface area contributed by atoms with Crippen LogP contribution >= 0.6 is 0 Å². The molecule has 5 heteroatoms. The molecule has 0 radical (unpaired) electrons. The Balaban J connectivity index is 1.18. The molecule has 37 heavy (non-hydrogen) atoms. The summed E-state index contributed by atoms with van der Waals surface area (Å²) in [5, 5.41) is 3.78. The highest BCUT2D eigenvalue weighted by atomic mass is 16.6. The summed E-state index contributed by atoms with van der Waals surface area (Å²) < 4.78 is 5.53. The molecule has 4 rings (SSSR count). The topological polar surface area (TPSA) is 44.8 Å². The first kappa shape index (κ1) is 27.7. The van der Waals surface area contributed by atoms with Crippen molar-refractivity contribution in [2.75, 3.05) is 26.2 Å². The summed E-state index contributed by atoms with van der Waals surface area (Å²) >= 11 is 0. The molecule has 1 heterocycles. The predicted octanol–water partition coefficient (Wildman–Crippen LogP) is 6.48. The van der Waals surface area contributed by atoms with E-state index in [0.717, 1.165) is 58.0 Å². The van der Waals surface area contributed by atoms with E-state index in [1.54, 1.807) is 0 Å². The number of hydrogen-bond acceptors (Lipinski definition) is 4. The van der Waals surface area contributed by atoms with Gasteiger partial charge in [0.25, 0.3) is 0 Å². The first-order valence-electron chi connectivity index (χ1n) is 14.4. The quantitative estimate of drug-likeness (QED) is 0.423. The summed E-state index contributed by atoms with van der Waals surface area (Å²) in [6, 6.07) is 22.5. The van der Waals surface area contributed by atoms with Crippen molar-refractivity contribution in [1.82, 2.24) is 15.1 Å². The average molecular weight is 506 g/mol. The fraction of sp³-hybridized carbons (Fsp3) is 0.594. The molecule has 0 aromatic heterocycles. The van der Waals surface area contributed by atoms with Crippen molar-refractivity contribution >= 4 is 6.09 Å². The molecule has 5 nitrogen and oxygen atoms in total. The third-order valence-corrected chi connectivity index (χ3v) is 7.92. The molecule has 1 saturated carbocycles. The number of hydrogen-bond donors (Lipinski definition) is 1. The Hall–Kier alpha value is -2.37. The van der Waals surface area contributed by atoms with E-state index in [9.17, 15) is 4.79 Å². The lowest BCUT2D eigenvalue weighted by Gasteiger charge is -2.37. The molecule has 2 fully saturated rings. The van der Waals surface area contributed by atoms with E-state index in [1.807, 2.05) is 25.7 Å². The van der Waals surface area contributed by atoms with Crippen LogP contribution in [-0.4, -0.2) is 53.7 Å².